The number of nitrogens with two attached hydrogens (primary N) is 1. The molecule has 132 valence electrons. The minimum absolute atomic E-state index is 0.00183. The summed E-state index contributed by atoms with van der Waals surface area (Å²) in [5, 5.41) is -0.0628. The van der Waals surface area contributed by atoms with Crippen molar-refractivity contribution >= 4 is 43.5 Å². The van der Waals surface area contributed by atoms with Crippen LogP contribution in [0.4, 0.5) is 18.9 Å². The van der Waals surface area contributed by atoms with Gasteiger partial charge in [-0.05, 0) is 24.3 Å². The number of allylic oxidation sites excluding steroid dienone is 2. The van der Waals surface area contributed by atoms with E-state index < -0.39 is 27.5 Å². The molecule has 0 saturated carbocycles. The number of hydrogen-bond acceptors (Lipinski definition) is 5. The van der Waals surface area contributed by atoms with Crippen LogP contribution in [0.1, 0.15) is 17.3 Å². The predicted octanol–water partition coefficient (Wildman–Crippen LogP) is 3.17. The van der Waals surface area contributed by atoms with Crippen molar-refractivity contribution in [2.24, 2.45) is 10.7 Å². The molecular weight excluding hydrogens is 413 g/mol. The molecule has 0 amide bonds. The van der Waals surface area contributed by atoms with Crippen LogP contribution in [0.3, 0.4) is 0 Å². The summed E-state index contributed by atoms with van der Waals surface area (Å²) in [6.45, 7) is 1.42. The zero-order valence-corrected chi connectivity index (χ0v) is 14.9. The number of nitrogens with zero attached hydrogens (tertiary/aromatic N) is 1. The van der Waals surface area contributed by atoms with Crippen molar-refractivity contribution in [2.75, 3.05) is 11.1 Å². The Morgan fingerprint density at radius 2 is 2.00 bits per heavy atom. The van der Waals surface area contributed by atoms with E-state index in [9.17, 15) is 26.4 Å². The molecular formula is C14H14BrF3N2O3S. The highest BCUT2D eigenvalue weighted by atomic mass is 79.9. The van der Waals surface area contributed by atoms with Crippen LogP contribution in [0.15, 0.2) is 39.9 Å². The number of sulfone groups is 1. The van der Waals surface area contributed by atoms with Crippen LogP contribution >= 0.6 is 15.9 Å². The monoisotopic (exact) mass is 426 g/mol. The molecule has 1 aromatic rings. The molecule has 5 nitrogen and oxygen atoms in total. The minimum Gasteiger partial charge on any atom is -0.395 e. The van der Waals surface area contributed by atoms with Gasteiger partial charge in [0.05, 0.1) is 21.7 Å². The van der Waals surface area contributed by atoms with Crippen LogP contribution in [-0.2, 0) is 9.84 Å². The van der Waals surface area contributed by atoms with Crippen LogP contribution in [0.5, 0.6) is 0 Å². The molecule has 0 fully saturated rings. The summed E-state index contributed by atoms with van der Waals surface area (Å²) >= 11 is 2.97. The van der Waals surface area contributed by atoms with Gasteiger partial charge in [0.2, 0.25) is 0 Å². The lowest BCUT2D eigenvalue weighted by Crippen LogP contribution is -2.19. The van der Waals surface area contributed by atoms with Crippen molar-refractivity contribution < 1.29 is 26.4 Å². The van der Waals surface area contributed by atoms with E-state index in [-0.39, 0.29) is 27.2 Å². The fourth-order valence-corrected chi connectivity index (χ4v) is 3.03. The summed E-state index contributed by atoms with van der Waals surface area (Å²) in [6.07, 6.45) is -3.30. The van der Waals surface area contributed by atoms with Gasteiger partial charge in [0, 0.05) is 11.8 Å². The lowest BCUT2D eigenvalue weighted by atomic mass is 10.1. The average Bonchev–Trinajstić information content (AvgIpc) is 2.53. The number of halogens is 4. The van der Waals surface area contributed by atoms with E-state index in [1.165, 1.54) is 19.1 Å². The SMILES string of the molecule is CCS(=O)(=O)c1cc(N=CC=C(N)C(F)(F)F)ccc1C(=O)CBr. The van der Waals surface area contributed by atoms with Gasteiger partial charge in [-0.1, -0.05) is 22.9 Å². The second-order valence-electron chi connectivity index (χ2n) is 4.54. The van der Waals surface area contributed by atoms with Gasteiger partial charge < -0.3 is 5.73 Å². The van der Waals surface area contributed by atoms with Crippen LogP contribution in [0.25, 0.3) is 0 Å². The van der Waals surface area contributed by atoms with Gasteiger partial charge in [0.25, 0.3) is 0 Å². The van der Waals surface area contributed by atoms with Crippen molar-refractivity contribution in [1.29, 1.82) is 0 Å². The average molecular weight is 427 g/mol. The molecule has 24 heavy (non-hydrogen) atoms. The van der Waals surface area contributed by atoms with Crippen molar-refractivity contribution in [1.82, 2.24) is 0 Å². The van der Waals surface area contributed by atoms with Crippen LogP contribution in [0, 0.1) is 0 Å². The third-order valence-electron chi connectivity index (χ3n) is 2.91. The van der Waals surface area contributed by atoms with Gasteiger partial charge >= 0.3 is 6.18 Å². The van der Waals surface area contributed by atoms with Crippen LogP contribution < -0.4 is 5.73 Å². The number of benzene rings is 1. The maximum absolute atomic E-state index is 12.2. The summed E-state index contributed by atoms with van der Waals surface area (Å²) in [6, 6.07) is 3.75. The molecule has 0 saturated heterocycles. The zero-order chi connectivity index (χ0) is 18.5. The molecule has 0 spiro atoms. The van der Waals surface area contributed by atoms with E-state index in [1.54, 1.807) is 0 Å². The van der Waals surface area contributed by atoms with Crippen molar-refractivity contribution in [3.8, 4) is 0 Å². The highest BCUT2D eigenvalue weighted by Gasteiger charge is 2.30. The van der Waals surface area contributed by atoms with E-state index in [0.717, 1.165) is 12.3 Å². The maximum Gasteiger partial charge on any atom is 0.430 e. The first-order valence-corrected chi connectivity index (χ1v) is 9.33. The standard InChI is InChI=1S/C14H14BrF3N2O3S/c1-2-24(22,23)12-7-9(3-4-10(12)11(21)8-15)20-6-5-13(19)14(16,17)18/h3-7H,2,8,19H2,1H3. The number of ketones is 1. The topological polar surface area (TPSA) is 89.6 Å². The Balaban J connectivity index is 3.30. The lowest BCUT2D eigenvalue weighted by Gasteiger charge is -2.08. The fourth-order valence-electron chi connectivity index (χ4n) is 1.60. The van der Waals surface area contributed by atoms with Crippen LogP contribution in [0.2, 0.25) is 0 Å². The first-order valence-electron chi connectivity index (χ1n) is 6.56. The number of hydrogen-bond donors (Lipinski definition) is 1. The van der Waals surface area contributed by atoms with E-state index >= 15 is 0 Å². The van der Waals surface area contributed by atoms with E-state index in [0.29, 0.717) is 6.08 Å². The van der Waals surface area contributed by atoms with E-state index in [2.05, 4.69) is 20.9 Å². The second kappa shape index (κ2) is 7.93. The normalized spacial score (nSPS) is 13.5. The number of Topliss-reactive ketones (excluding diaryl/α,β-unsaturated/α-hetero) is 1. The van der Waals surface area contributed by atoms with E-state index in [4.69, 9.17) is 5.73 Å². The number of rotatable bonds is 6. The number of aliphatic imine (C=N–C) groups is 1. The Hall–Kier alpha value is -1.68. The molecule has 0 heterocycles. The molecule has 0 aliphatic heterocycles. The molecule has 1 aromatic carbocycles. The molecule has 0 aromatic heterocycles. The quantitative estimate of drug-likeness (QED) is 0.429. The van der Waals surface area contributed by atoms with Gasteiger partial charge in [-0.2, -0.15) is 13.2 Å². The summed E-state index contributed by atoms with van der Waals surface area (Å²) in [5.74, 6) is -0.664. The molecule has 10 heteroatoms. The van der Waals surface area contributed by atoms with Gasteiger partial charge in [0.15, 0.2) is 15.6 Å². The summed E-state index contributed by atoms with van der Waals surface area (Å²) in [5.41, 5.74) is 3.56. The Labute approximate surface area is 145 Å². The lowest BCUT2D eigenvalue weighted by molar-refractivity contribution is -0.0925. The van der Waals surface area contributed by atoms with Gasteiger partial charge in [-0.3, -0.25) is 9.79 Å². The summed E-state index contributed by atoms with van der Waals surface area (Å²) < 4.78 is 61.0. The highest BCUT2D eigenvalue weighted by molar-refractivity contribution is 9.09. The Kier molecular flexibility index (Phi) is 6.73. The third kappa shape index (κ3) is 5.17. The van der Waals surface area contributed by atoms with Gasteiger partial charge in [-0.25, -0.2) is 8.42 Å². The first-order chi connectivity index (χ1) is 11.0. The Bertz CT molecular complexity index is 787. The van der Waals surface area contributed by atoms with Crippen LogP contribution in [-0.4, -0.2) is 37.7 Å². The number of carbonyl (C=O) groups is 1. The third-order valence-corrected chi connectivity index (χ3v) is 5.18. The molecule has 0 atom stereocenters. The molecule has 0 bridgehead atoms. The minimum atomic E-state index is -4.67. The molecule has 0 aliphatic rings. The first kappa shape index (κ1) is 20.4. The highest BCUT2D eigenvalue weighted by Crippen LogP contribution is 2.25. The second-order valence-corrected chi connectivity index (χ2v) is 7.35. The maximum atomic E-state index is 12.2. The van der Waals surface area contributed by atoms with Gasteiger partial charge in [-0.15, -0.1) is 0 Å². The van der Waals surface area contributed by atoms with Crippen molar-refractivity contribution in [3.05, 3.63) is 35.5 Å². The zero-order valence-electron chi connectivity index (χ0n) is 12.5. The smallest absolute Gasteiger partial charge is 0.395 e. The number of carbonyl (C=O) groups excluding carboxylic acids is 1. The summed E-state index contributed by atoms with van der Waals surface area (Å²) in [7, 11) is -3.71. The fraction of sp³-hybridized carbons (Fsp3) is 0.286. The largest absolute Gasteiger partial charge is 0.430 e. The van der Waals surface area contributed by atoms with E-state index in [1.807, 2.05) is 0 Å². The summed E-state index contributed by atoms with van der Waals surface area (Å²) in [4.78, 5) is 15.3. The Morgan fingerprint density at radius 1 is 1.38 bits per heavy atom. The van der Waals surface area contributed by atoms with Crippen molar-refractivity contribution in [2.45, 2.75) is 18.0 Å². The molecule has 2 N–H and O–H groups in total. The molecule has 1 rings (SSSR count). The molecule has 0 aliphatic carbocycles. The number of alkyl halides is 4. The van der Waals surface area contributed by atoms with Crippen molar-refractivity contribution in [3.63, 3.8) is 0 Å². The Morgan fingerprint density at radius 3 is 2.50 bits per heavy atom. The molecule has 0 radical (unpaired) electrons. The van der Waals surface area contributed by atoms with Gasteiger partial charge in [0.1, 0.15) is 5.70 Å². The molecule has 0 unspecified atom stereocenters. The predicted molar refractivity (Wildman–Crippen MR) is 88.8 cm³/mol.